The average molecular weight is 199 g/mol. The predicted molar refractivity (Wildman–Crippen MR) is 56.3 cm³/mol. The molecule has 2 fully saturated rings. The van der Waals surface area contributed by atoms with Crippen LogP contribution in [-0.2, 0) is 4.74 Å². The number of hydrogen-bond donors (Lipinski definition) is 2. The monoisotopic (exact) mass is 199 g/mol. The molecule has 0 bridgehead atoms. The molecule has 1 atom stereocenters. The van der Waals surface area contributed by atoms with Crippen LogP contribution >= 0.6 is 0 Å². The molecule has 2 aliphatic rings. The van der Waals surface area contributed by atoms with Crippen molar-refractivity contribution in [1.29, 1.82) is 0 Å². The molecule has 0 amide bonds. The van der Waals surface area contributed by atoms with Crippen LogP contribution in [0.4, 0.5) is 0 Å². The molecule has 0 radical (unpaired) electrons. The van der Waals surface area contributed by atoms with E-state index in [1.165, 1.54) is 12.8 Å². The van der Waals surface area contributed by atoms with Gasteiger partial charge < -0.3 is 15.8 Å². The maximum atomic E-state index is 5.79. The minimum atomic E-state index is 0.534. The highest BCUT2D eigenvalue weighted by Crippen LogP contribution is 2.17. The second-order valence-corrected chi connectivity index (χ2v) is 4.18. The predicted octanol–water partition coefficient (Wildman–Crippen LogP) is -0.602. The van der Waals surface area contributed by atoms with Gasteiger partial charge in [-0.1, -0.05) is 0 Å². The Morgan fingerprint density at radius 1 is 1.36 bits per heavy atom. The summed E-state index contributed by atoms with van der Waals surface area (Å²) < 4.78 is 5.39. The minimum Gasteiger partial charge on any atom is -0.381 e. The fraction of sp³-hybridized carbons (Fsp3) is 1.00. The maximum Gasteiger partial charge on any atom is 0.0480 e. The van der Waals surface area contributed by atoms with Crippen LogP contribution in [0.2, 0.25) is 0 Å². The zero-order chi connectivity index (χ0) is 9.80. The fourth-order valence-electron chi connectivity index (χ4n) is 2.49. The first kappa shape index (κ1) is 10.4. The normalized spacial score (nSPS) is 31.9. The van der Waals surface area contributed by atoms with Crippen molar-refractivity contribution in [2.24, 2.45) is 5.73 Å². The SMILES string of the molecule is NCC1CNCCN1C1CCOCC1. The molecule has 0 spiro atoms. The summed E-state index contributed by atoms with van der Waals surface area (Å²) in [5, 5.41) is 3.40. The first-order chi connectivity index (χ1) is 6.92. The van der Waals surface area contributed by atoms with Gasteiger partial charge in [-0.15, -0.1) is 0 Å². The Bertz CT molecular complexity index is 171. The molecule has 0 saturated carbocycles. The van der Waals surface area contributed by atoms with Crippen molar-refractivity contribution in [3.05, 3.63) is 0 Å². The lowest BCUT2D eigenvalue weighted by Crippen LogP contribution is -2.58. The molecular formula is C10H21N3O. The summed E-state index contributed by atoms with van der Waals surface area (Å²) in [7, 11) is 0. The zero-order valence-corrected chi connectivity index (χ0v) is 8.74. The van der Waals surface area contributed by atoms with Crippen molar-refractivity contribution >= 4 is 0 Å². The van der Waals surface area contributed by atoms with Gasteiger partial charge in [0.15, 0.2) is 0 Å². The summed E-state index contributed by atoms with van der Waals surface area (Å²) in [6.45, 7) is 5.91. The van der Waals surface area contributed by atoms with E-state index in [9.17, 15) is 0 Å². The molecule has 1 unspecified atom stereocenters. The highest BCUT2D eigenvalue weighted by Gasteiger charge is 2.28. The van der Waals surface area contributed by atoms with Crippen molar-refractivity contribution in [3.63, 3.8) is 0 Å². The lowest BCUT2D eigenvalue weighted by atomic mass is 10.0. The van der Waals surface area contributed by atoms with Crippen molar-refractivity contribution in [3.8, 4) is 0 Å². The maximum absolute atomic E-state index is 5.79. The number of rotatable bonds is 2. The van der Waals surface area contributed by atoms with Crippen molar-refractivity contribution < 1.29 is 4.74 Å². The summed E-state index contributed by atoms with van der Waals surface area (Å²) in [6.07, 6.45) is 2.35. The van der Waals surface area contributed by atoms with Gasteiger partial charge in [0.25, 0.3) is 0 Å². The van der Waals surface area contributed by atoms with E-state index in [2.05, 4.69) is 10.2 Å². The number of nitrogens with two attached hydrogens (primary N) is 1. The summed E-state index contributed by atoms with van der Waals surface area (Å²) in [4.78, 5) is 2.58. The lowest BCUT2D eigenvalue weighted by molar-refractivity contribution is 0.0109. The van der Waals surface area contributed by atoms with Crippen LogP contribution in [0.3, 0.4) is 0 Å². The van der Waals surface area contributed by atoms with Crippen molar-refractivity contribution in [2.45, 2.75) is 24.9 Å². The number of hydrogen-bond acceptors (Lipinski definition) is 4. The molecule has 0 aromatic rings. The Morgan fingerprint density at radius 2 is 2.14 bits per heavy atom. The quantitative estimate of drug-likeness (QED) is 0.623. The van der Waals surface area contributed by atoms with Crippen LogP contribution in [0.25, 0.3) is 0 Å². The van der Waals surface area contributed by atoms with Gasteiger partial charge in [-0.05, 0) is 12.8 Å². The Hall–Kier alpha value is -0.160. The second kappa shape index (κ2) is 5.07. The van der Waals surface area contributed by atoms with Gasteiger partial charge in [-0.3, -0.25) is 4.90 Å². The largest absolute Gasteiger partial charge is 0.381 e. The van der Waals surface area contributed by atoms with Gasteiger partial charge in [0, 0.05) is 51.5 Å². The van der Waals surface area contributed by atoms with E-state index in [1.54, 1.807) is 0 Å². The molecule has 3 N–H and O–H groups in total. The fourth-order valence-corrected chi connectivity index (χ4v) is 2.49. The van der Waals surface area contributed by atoms with Crippen LogP contribution in [-0.4, -0.2) is 56.4 Å². The number of nitrogens with one attached hydrogen (secondary N) is 1. The van der Waals surface area contributed by atoms with E-state index < -0.39 is 0 Å². The van der Waals surface area contributed by atoms with Gasteiger partial charge in [-0.25, -0.2) is 0 Å². The molecule has 0 aliphatic carbocycles. The highest BCUT2D eigenvalue weighted by atomic mass is 16.5. The smallest absolute Gasteiger partial charge is 0.0480 e. The van der Waals surface area contributed by atoms with E-state index in [0.717, 1.165) is 39.4 Å². The first-order valence-corrected chi connectivity index (χ1v) is 5.66. The third kappa shape index (κ3) is 2.25. The van der Waals surface area contributed by atoms with E-state index in [1.807, 2.05) is 0 Å². The second-order valence-electron chi connectivity index (χ2n) is 4.18. The third-order valence-corrected chi connectivity index (χ3v) is 3.33. The van der Waals surface area contributed by atoms with Gasteiger partial charge >= 0.3 is 0 Å². The molecular weight excluding hydrogens is 178 g/mol. The van der Waals surface area contributed by atoms with Gasteiger partial charge in [0.05, 0.1) is 0 Å². The molecule has 2 heterocycles. The Kier molecular flexibility index (Phi) is 3.75. The van der Waals surface area contributed by atoms with E-state index >= 15 is 0 Å². The Balaban J connectivity index is 1.91. The molecule has 0 aromatic heterocycles. The molecule has 82 valence electrons. The van der Waals surface area contributed by atoms with Crippen LogP contribution in [0, 0.1) is 0 Å². The van der Waals surface area contributed by atoms with E-state index in [0.29, 0.717) is 12.1 Å². The molecule has 4 heteroatoms. The summed E-state index contributed by atoms with van der Waals surface area (Å²) in [5.41, 5.74) is 5.79. The zero-order valence-electron chi connectivity index (χ0n) is 8.74. The average Bonchev–Trinajstić information content (AvgIpc) is 2.30. The highest BCUT2D eigenvalue weighted by molar-refractivity contribution is 4.86. The number of nitrogens with zero attached hydrogens (tertiary/aromatic N) is 1. The van der Waals surface area contributed by atoms with Gasteiger partial charge in [0.1, 0.15) is 0 Å². The van der Waals surface area contributed by atoms with E-state index in [-0.39, 0.29) is 0 Å². The summed E-state index contributed by atoms with van der Waals surface area (Å²) in [6, 6.07) is 1.24. The summed E-state index contributed by atoms with van der Waals surface area (Å²) in [5.74, 6) is 0. The Labute approximate surface area is 85.8 Å². The van der Waals surface area contributed by atoms with Crippen LogP contribution in [0.5, 0.6) is 0 Å². The Morgan fingerprint density at radius 3 is 2.86 bits per heavy atom. The van der Waals surface area contributed by atoms with Crippen LogP contribution in [0.15, 0.2) is 0 Å². The van der Waals surface area contributed by atoms with E-state index in [4.69, 9.17) is 10.5 Å². The molecule has 2 aliphatic heterocycles. The van der Waals surface area contributed by atoms with Gasteiger partial charge in [0.2, 0.25) is 0 Å². The molecule has 2 rings (SSSR count). The van der Waals surface area contributed by atoms with Crippen molar-refractivity contribution in [1.82, 2.24) is 10.2 Å². The van der Waals surface area contributed by atoms with Gasteiger partial charge in [-0.2, -0.15) is 0 Å². The molecule has 4 nitrogen and oxygen atoms in total. The van der Waals surface area contributed by atoms with Crippen LogP contribution in [0.1, 0.15) is 12.8 Å². The third-order valence-electron chi connectivity index (χ3n) is 3.33. The lowest BCUT2D eigenvalue weighted by Gasteiger charge is -2.42. The minimum absolute atomic E-state index is 0.534. The number of piperazine rings is 1. The van der Waals surface area contributed by atoms with Crippen LogP contribution < -0.4 is 11.1 Å². The standard InChI is InChI=1S/C10H21N3O/c11-7-10-8-12-3-4-13(10)9-1-5-14-6-2-9/h9-10,12H,1-8,11H2. The molecule has 14 heavy (non-hydrogen) atoms. The topological polar surface area (TPSA) is 50.5 Å². The first-order valence-electron chi connectivity index (χ1n) is 5.66. The van der Waals surface area contributed by atoms with Crippen molar-refractivity contribution in [2.75, 3.05) is 39.4 Å². The number of ether oxygens (including phenoxy) is 1. The summed E-state index contributed by atoms with van der Waals surface area (Å²) >= 11 is 0. The molecule has 2 saturated heterocycles. The molecule has 0 aromatic carbocycles.